The number of urea groups is 1. The molecule has 0 radical (unpaired) electrons. The van der Waals surface area contributed by atoms with E-state index in [1.54, 1.807) is 6.07 Å². The molecule has 2 aliphatic heterocycles. The van der Waals surface area contributed by atoms with Crippen LogP contribution in [0.2, 0.25) is 0 Å². The standard InChI is InChI=1S/C27H34BrN7O6S/c28-18-11-17-16(13-32-35-29)10-25(38)41-20(17)12-21(18)40-14-24(37)31-9-5-1-4-8-30-23(36)7-3-2-6-22-26-19(15-42-22)33-27(39)34-26/h10-12,19,22,26H,1-9,13-15H2,(H,30,36)(H,31,37)(H2,33,34,39)/t19-,22-,26-/m0/s1. The van der Waals surface area contributed by atoms with E-state index in [-0.39, 0.29) is 48.7 Å². The van der Waals surface area contributed by atoms with Gasteiger partial charge in [-0.05, 0) is 65.2 Å². The van der Waals surface area contributed by atoms with Crippen LogP contribution in [0.4, 0.5) is 4.79 Å². The zero-order valence-electron chi connectivity index (χ0n) is 23.0. The van der Waals surface area contributed by atoms with Crippen molar-refractivity contribution in [1.29, 1.82) is 0 Å². The Bertz CT molecular complexity index is 1400. The number of carbonyl (C=O) groups is 3. The van der Waals surface area contributed by atoms with E-state index in [4.69, 9.17) is 14.7 Å². The monoisotopic (exact) mass is 663 g/mol. The van der Waals surface area contributed by atoms with Crippen molar-refractivity contribution in [3.8, 4) is 5.75 Å². The van der Waals surface area contributed by atoms with Gasteiger partial charge in [-0.25, -0.2) is 9.59 Å². The van der Waals surface area contributed by atoms with Crippen LogP contribution in [0, 0.1) is 0 Å². The van der Waals surface area contributed by atoms with Crippen LogP contribution in [0.5, 0.6) is 5.75 Å². The van der Waals surface area contributed by atoms with Gasteiger partial charge in [-0.1, -0.05) is 11.5 Å². The van der Waals surface area contributed by atoms with E-state index in [9.17, 15) is 19.2 Å². The fourth-order valence-corrected chi connectivity index (χ4v) is 7.02. The fraction of sp³-hybridized carbons (Fsp3) is 0.556. The largest absolute Gasteiger partial charge is 0.482 e. The highest BCUT2D eigenvalue weighted by atomic mass is 79.9. The normalized spacial score (nSPS) is 19.0. The number of thioether (sulfide) groups is 1. The van der Waals surface area contributed by atoms with Crippen molar-refractivity contribution in [2.24, 2.45) is 5.11 Å². The third kappa shape index (κ3) is 9.04. The maximum atomic E-state index is 12.2. The smallest absolute Gasteiger partial charge is 0.336 e. The molecule has 0 unspecified atom stereocenters. The van der Waals surface area contributed by atoms with Crippen molar-refractivity contribution in [3.63, 3.8) is 0 Å². The van der Waals surface area contributed by atoms with Crippen LogP contribution in [0.15, 0.2) is 37.0 Å². The first-order chi connectivity index (χ1) is 20.3. The number of hydrogen-bond acceptors (Lipinski definition) is 8. The number of benzene rings is 1. The molecule has 42 heavy (non-hydrogen) atoms. The van der Waals surface area contributed by atoms with Crippen LogP contribution in [0.1, 0.15) is 50.5 Å². The van der Waals surface area contributed by atoms with E-state index in [1.165, 1.54) is 12.1 Å². The molecule has 1 aromatic heterocycles. The highest BCUT2D eigenvalue weighted by molar-refractivity contribution is 9.10. The average molecular weight is 665 g/mol. The van der Waals surface area contributed by atoms with Crippen LogP contribution in [-0.2, 0) is 16.1 Å². The summed E-state index contributed by atoms with van der Waals surface area (Å²) in [6.45, 7) is 0.883. The molecule has 0 bridgehead atoms. The Morgan fingerprint density at radius 2 is 1.88 bits per heavy atom. The van der Waals surface area contributed by atoms with Crippen molar-refractivity contribution in [2.45, 2.75) is 68.8 Å². The van der Waals surface area contributed by atoms with Gasteiger partial charge in [0.15, 0.2) is 6.61 Å². The Labute approximate surface area is 255 Å². The molecular weight excluding hydrogens is 630 g/mol. The van der Waals surface area contributed by atoms with Gasteiger partial charge in [0.05, 0.1) is 23.1 Å². The summed E-state index contributed by atoms with van der Waals surface area (Å²) < 4.78 is 11.4. The average Bonchev–Trinajstić information content (AvgIpc) is 3.51. The summed E-state index contributed by atoms with van der Waals surface area (Å²) in [5.41, 5.74) is 8.78. The van der Waals surface area contributed by atoms with Gasteiger partial charge < -0.3 is 30.4 Å². The Morgan fingerprint density at radius 3 is 2.67 bits per heavy atom. The number of nitrogens with one attached hydrogen (secondary N) is 4. The summed E-state index contributed by atoms with van der Waals surface area (Å²) in [4.78, 5) is 50.4. The van der Waals surface area contributed by atoms with Crippen LogP contribution < -0.4 is 31.6 Å². The Morgan fingerprint density at radius 1 is 1.10 bits per heavy atom. The van der Waals surface area contributed by atoms with Gasteiger partial charge in [-0.15, -0.1) is 0 Å². The number of fused-ring (bicyclic) bond motifs is 2. The van der Waals surface area contributed by atoms with Gasteiger partial charge in [0, 0.05) is 52.9 Å². The van der Waals surface area contributed by atoms with Crippen molar-refractivity contribution in [2.75, 3.05) is 25.4 Å². The maximum Gasteiger partial charge on any atom is 0.336 e. The van der Waals surface area contributed by atoms with Gasteiger partial charge >= 0.3 is 11.7 Å². The predicted molar refractivity (Wildman–Crippen MR) is 162 cm³/mol. The number of carbonyl (C=O) groups excluding carboxylic acids is 3. The van der Waals surface area contributed by atoms with E-state index >= 15 is 0 Å². The van der Waals surface area contributed by atoms with E-state index in [0.717, 1.165) is 44.3 Å². The number of amides is 4. The number of unbranched alkanes of at least 4 members (excludes halogenated alkanes) is 3. The lowest BCUT2D eigenvalue weighted by atomic mass is 10.0. The SMILES string of the molecule is [N-]=[N+]=NCc1cc(=O)oc2cc(OCC(=O)NCCCCCNC(=O)CCCC[C@@H]3SC[C@@H]4NC(=O)N[C@@H]43)c(Br)cc12. The van der Waals surface area contributed by atoms with E-state index in [1.807, 2.05) is 11.8 Å². The molecule has 4 amide bonds. The molecule has 2 fully saturated rings. The second-order valence-corrected chi connectivity index (χ2v) is 12.3. The van der Waals surface area contributed by atoms with Gasteiger partial charge in [-0.3, -0.25) is 9.59 Å². The third-order valence-electron chi connectivity index (χ3n) is 7.12. The lowest BCUT2D eigenvalue weighted by Crippen LogP contribution is -2.36. The number of rotatable bonds is 16. The van der Waals surface area contributed by atoms with Gasteiger partial charge in [0.1, 0.15) is 11.3 Å². The molecule has 4 rings (SSSR count). The molecule has 0 aliphatic carbocycles. The first-order valence-electron chi connectivity index (χ1n) is 14.0. The van der Waals surface area contributed by atoms with Crippen LogP contribution in [-0.4, -0.2) is 60.6 Å². The zero-order valence-corrected chi connectivity index (χ0v) is 25.4. The second kappa shape index (κ2) is 15.7. The third-order valence-corrected chi connectivity index (χ3v) is 9.25. The van der Waals surface area contributed by atoms with Gasteiger partial charge in [0.2, 0.25) is 5.91 Å². The minimum atomic E-state index is -0.580. The van der Waals surface area contributed by atoms with E-state index < -0.39 is 5.63 Å². The molecule has 13 nitrogen and oxygen atoms in total. The number of hydrogen-bond donors (Lipinski definition) is 4. The zero-order chi connectivity index (χ0) is 29.9. The van der Waals surface area contributed by atoms with E-state index in [0.29, 0.717) is 45.9 Å². The van der Waals surface area contributed by atoms with Crippen LogP contribution in [0.3, 0.4) is 0 Å². The number of nitrogens with zero attached hydrogens (tertiary/aromatic N) is 3. The fourth-order valence-electron chi connectivity index (χ4n) is 5.02. The molecular formula is C27H34BrN7O6S. The van der Waals surface area contributed by atoms with E-state index in [2.05, 4.69) is 47.2 Å². The predicted octanol–water partition coefficient (Wildman–Crippen LogP) is 3.87. The van der Waals surface area contributed by atoms with Crippen LogP contribution in [0.25, 0.3) is 21.4 Å². The molecule has 3 heterocycles. The summed E-state index contributed by atoms with van der Waals surface area (Å²) in [6, 6.07) is 4.84. The number of ether oxygens (including phenoxy) is 1. The first-order valence-corrected chi connectivity index (χ1v) is 15.8. The minimum absolute atomic E-state index is 0.00249. The van der Waals surface area contributed by atoms with Gasteiger partial charge in [-0.2, -0.15) is 11.8 Å². The molecule has 226 valence electrons. The summed E-state index contributed by atoms with van der Waals surface area (Å²) >= 11 is 5.29. The quantitative estimate of drug-likeness (QED) is 0.0523. The summed E-state index contributed by atoms with van der Waals surface area (Å²) in [5, 5.41) is 16.2. The molecule has 0 spiro atoms. The Hall–Kier alpha value is -3.42. The highest BCUT2D eigenvalue weighted by Crippen LogP contribution is 2.33. The Balaban J connectivity index is 1.04. The summed E-state index contributed by atoms with van der Waals surface area (Å²) in [6.07, 6.45) is 5.74. The van der Waals surface area contributed by atoms with Crippen molar-refractivity contribution in [1.82, 2.24) is 21.3 Å². The molecule has 0 saturated carbocycles. The molecule has 15 heteroatoms. The maximum absolute atomic E-state index is 12.2. The number of halogens is 1. The first kappa shape index (κ1) is 31.5. The topological polar surface area (TPSA) is 188 Å². The van der Waals surface area contributed by atoms with Crippen molar-refractivity contribution >= 4 is 56.5 Å². The minimum Gasteiger partial charge on any atom is -0.482 e. The molecule has 2 aromatic rings. The van der Waals surface area contributed by atoms with Crippen molar-refractivity contribution in [3.05, 3.63) is 49.1 Å². The summed E-state index contributed by atoms with van der Waals surface area (Å²) in [5.74, 6) is 1.05. The Kier molecular flexibility index (Phi) is 11.8. The number of azide groups is 1. The second-order valence-electron chi connectivity index (χ2n) is 10.2. The molecule has 2 saturated heterocycles. The highest BCUT2D eigenvalue weighted by Gasteiger charge is 2.42. The lowest BCUT2D eigenvalue weighted by molar-refractivity contribution is -0.123. The van der Waals surface area contributed by atoms with Gasteiger partial charge in [0.25, 0.3) is 5.91 Å². The molecule has 1 aromatic carbocycles. The molecule has 2 aliphatic rings. The molecule has 3 atom stereocenters. The molecule has 4 N–H and O–H groups in total. The van der Waals surface area contributed by atoms with Crippen LogP contribution >= 0.6 is 27.7 Å². The van der Waals surface area contributed by atoms with Crippen molar-refractivity contribution < 1.29 is 23.5 Å². The summed E-state index contributed by atoms with van der Waals surface area (Å²) in [7, 11) is 0. The lowest BCUT2D eigenvalue weighted by Gasteiger charge is -2.16.